The average molecular weight is 232 g/mol. The maximum absolute atomic E-state index is 14.1. The lowest BCUT2D eigenvalue weighted by atomic mass is 9.82. The maximum Gasteiger partial charge on any atom is 0.104 e. The molecule has 0 radical (unpaired) electrons. The zero-order valence-electron chi connectivity index (χ0n) is 10.8. The lowest BCUT2D eigenvalue weighted by molar-refractivity contribution is 0.547. The van der Waals surface area contributed by atoms with E-state index in [0.717, 1.165) is 24.0 Å². The van der Waals surface area contributed by atoms with E-state index in [0.29, 0.717) is 12.3 Å². The van der Waals surface area contributed by atoms with Crippen molar-refractivity contribution in [2.75, 3.05) is 0 Å². The molecule has 1 heteroatoms. The summed E-state index contributed by atoms with van der Waals surface area (Å²) < 4.78 is 14.1. The number of aryl methyl sites for hydroxylation is 1. The van der Waals surface area contributed by atoms with Crippen LogP contribution in [0.4, 0.5) is 4.39 Å². The Morgan fingerprint density at radius 3 is 2.76 bits per heavy atom. The van der Waals surface area contributed by atoms with E-state index in [4.69, 9.17) is 0 Å². The third-order valence-corrected chi connectivity index (χ3v) is 3.70. The van der Waals surface area contributed by atoms with Crippen molar-refractivity contribution in [1.82, 2.24) is 0 Å². The molecule has 1 aliphatic carbocycles. The van der Waals surface area contributed by atoms with Crippen molar-refractivity contribution in [3.63, 3.8) is 0 Å². The summed E-state index contributed by atoms with van der Waals surface area (Å²) in [6.07, 6.45) is 4.89. The van der Waals surface area contributed by atoms with Crippen molar-refractivity contribution >= 4 is 5.57 Å². The molecule has 0 spiro atoms. The summed E-state index contributed by atoms with van der Waals surface area (Å²) in [6.45, 7) is 4.35. The van der Waals surface area contributed by atoms with Gasteiger partial charge in [-0.15, -0.1) is 0 Å². The number of allylic oxidation sites excluding steroid dienone is 2. The van der Waals surface area contributed by atoms with E-state index in [1.807, 2.05) is 6.07 Å². The third kappa shape index (κ3) is 2.59. The molecule has 0 amide bonds. The molecule has 0 bridgehead atoms. The highest BCUT2D eigenvalue weighted by atomic mass is 19.1. The number of hydrogen-bond donors (Lipinski definition) is 0. The molecule has 92 valence electrons. The van der Waals surface area contributed by atoms with E-state index in [1.165, 1.54) is 18.4 Å². The van der Waals surface area contributed by atoms with Crippen LogP contribution in [0.2, 0.25) is 0 Å². The number of halogens is 1. The van der Waals surface area contributed by atoms with Gasteiger partial charge >= 0.3 is 0 Å². The SMILES string of the molecule is CCCC[C@H](C)C1=C(F)CCc2ccccc21. The molecule has 0 saturated carbocycles. The summed E-state index contributed by atoms with van der Waals surface area (Å²) in [4.78, 5) is 0. The summed E-state index contributed by atoms with van der Waals surface area (Å²) >= 11 is 0. The Kier molecular flexibility index (Phi) is 3.98. The molecule has 17 heavy (non-hydrogen) atoms. The molecule has 1 atom stereocenters. The Morgan fingerprint density at radius 2 is 2.00 bits per heavy atom. The molecule has 0 unspecified atom stereocenters. The minimum atomic E-state index is 0.118. The molecule has 2 rings (SSSR count). The lowest BCUT2D eigenvalue weighted by Crippen LogP contribution is -2.09. The van der Waals surface area contributed by atoms with Crippen molar-refractivity contribution in [3.05, 3.63) is 41.2 Å². The van der Waals surface area contributed by atoms with E-state index in [9.17, 15) is 4.39 Å². The van der Waals surface area contributed by atoms with E-state index in [-0.39, 0.29) is 5.83 Å². The fourth-order valence-electron chi connectivity index (χ4n) is 2.71. The highest BCUT2D eigenvalue weighted by Gasteiger charge is 2.22. The molecule has 1 aromatic carbocycles. The van der Waals surface area contributed by atoms with Gasteiger partial charge in [0, 0.05) is 6.42 Å². The number of unbranched alkanes of at least 4 members (excludes halogenated alkanes) is 1. The Labute approximate surface area is 104 Å². The third-order valence-electron chi connectivity index (χ3n) is 3.70. The summed E-state index contributed by atoms with van der Waals surface area (Å²) in [5.41, 5.74) is 3.44. The number of hydrogen-bond acceptors (Lipinski definition) is 0. The van der Waals surface area contributed by atoms with Crippen LogP contribution in [0, 0.1) is 5.92 Å². The van der Waals surface area contributed by atoms with Crippen LogP contribution in [0.15, 0.2) is 30.1 Å². The quantitative estimate of drug-likeness (QED) is 0.674. The van der Waals surface area contributed by atoms with Gasteiger partial charge in [-0.05, 0) is 35.5 Å². The second-order valence-corrected chi connectivity index (χ2v) is 5.02. The second-order valence-electron chi connectivity index (χ2n) is 5.02. The predicted octanol–water partition coefficient (Wildman–Crippen LogP) is 5.14. The summed E-state index contributed by atoms with van der Waals surface area (Å²) in [7, 11) is 0. The highest BCUT2D eigenvalue weighted by molar-refractivity contribution is 5.73. The van der Waals surface area contributed by atoms with Gasteiger partial charge in [0.25, 0.3) is 0 Å². The standard InChI is InChI=1S/C16H21F/c1-3-4-7-12(2)16-14-9-6-5-8-13(14)10-11-15(16)17/h5-6,8-9,12H,3-4,7,10-11H2,1-2H3/t12-/m0/s1. The molecule has 1 aromatic rings. The van der Waals surface area contributed by atoms with E-state index >= 15 is 0 Å². The molecule has 0 nitrogen and oxygen atoms in total. The van der Waals surface area contributed by atoms with Gasteiger partial charge in [-0.25, -0.2) is 4.39 Å². The van der Waals surface area contributed by atoms with Gasteiger partial charge < -0.3 is 0 Å². The van der Waals surface area contributed by atoms with Crippen LogP contribution in [0.3, 0.4) is 0 Å². The van der Waals surface area contributed by atoms with E-state index in [1.54, 1.807) is 0 Å². The normalized spacial score (nSPS) is 16.9. The van der Waals surface area contributed by atoms with E-state index < -0.39 is 0 Å². The van der Waals surface area contributed by atoms with Crippen LogP contribution >= 0.6 is 0 Å². The molecule has 0 aromatic heterocycles. The van der Waals surface area contributed by atoms with Gasteiger partial charge in [0.05, 0.1) is 0 Å². The predicted molar refractivity (Wildman–Crippen MR) is 71.5 cm³/mol. The van der Waals surface area contributed by atoms with Crippen LogP contribution in [0.5, 0.6) is 0 Å². The molecular weight excluding hydrogens is 211 g/mol. The van der Waals surface area contributed by atoms with Crippen molar-refractivity contribution < 1.29 is 4.39 Å². The zero-order valence-corrected chi connectivity index (χ0v) is 10.8. The summed E-state index contributed by atoms with van der Waals surface area (Å²) in [5, 5.41) is 0. The zero-order chi connectivity index (χ0) is 12.3. The molecule has 0 aliphatic heterocycles. The Bertz CT molecular complexity index is 417. The Morgan fingerprint density at radius 1 is 1.24 bits per heavy atom. The van der Waals surface area contributed by atoms with Crippen molar-refractivity contribution in [2.24, 2.45) is 5.92 Å². The van der Waals surface area contributed by atoms with Crippen molar-refractivity contribution in [2.45, 2.75) is 46.0 Å². The highest BCUT2D eigenvalue weighted by Crippen LogP contribution is 2.38. The van der Waals surface area contributed by atoms with Gasteiger partial charge in [0.1, 0.15) is 5.83 Å². The second kappa shape index (κ2) is 5.48. The van der Waals surface area contributed by atoms with Crippen LogP contribution in [-0.2, 0) is 6.42 Å². The fraction of sp³-hybridized carbons (Fsp3) is 0.500. The summed E-state index contributed by atoms with van der Waals surface area (Å²) in [6, 6.07) is 8.28. The molecular formula is C16H21F. The first-order valence-electron chi connectivity index (χ1n) is 6.70. The first-order valence-corrected chi connectivity index (χ1v) is 6.70. The van der Waals surface area contributed by atoms with Gasteiger partial charge in [-0.3, -0.25) is 0 Å². The molecule has 0 heterocycles. The van der Waals surface area contributed by atoms with Crippen LogP contribution < -0.4 is 0 Å². The largest absolute Gasteiger partial charge is 0.211 e. The smallest absolute Gasteiger partial charge is 0.104 e. The van der Waals surface area contributed by atoms with Crippen LogP contribution in [-0.4, -0.2) is 0 Å². The molecule has 0 N–H and O–H groups in total. The Balaban J connectivity index is 2.30. The van der Waals surface area contributed by atoms with Gasteiger partial charge in [-0.1, -0.05) is 51.0 Å². The van der Waals surface area contributed by atoms with E-state index in [2.05, 4.69) is 32.0 Å². The van der Waals surface area contributed by atoms with Crippen molar-refractivity contribution in [3.8, 4) is 0 Å². The monoisotopic (exact) mass is 232 g/mol. The number of fused-ring (bicyclic) bond motifs is 1. The maximum atomic E-state index is 14.1. The van der Waals surface area contributed by atoms with Gasteiger partial charge in [0.2, 0.25) is 0 Å². The average Bonchev–Trinajstić information content (AvgIpc) is 2.35. The fourth-order valence-corrected chi connectivity index (χ4v) is 2.71. The first-order chi connectivity index (χ1) is 8.24. The first kappa shape index (κ1) is 12.3. The van der Waals surface area contributed by atoms with Gasteiger partial charge in [-0.2, -0.15) is 0 Å². The van der Waals surface area contributed by atoms with Crippen LogP contribution in [0.1, 0.15) is 50.7 Å². The molecule has 1 aliphatic rings. The minimum Gasteiger partial charge on any atom is -0.211 e. The molecule has 0 saturated heterocycles. The summed E-state index contributed by atoms with van der Waals surface area (Å²) in [5.74, 6) is 0.462. The van der Waals surface area contributed by atoms with Crippen LogP contribution in [0.25, 0.3) is 5.57 Å². The van der Waals surface area contributed by atoms with Gasteiger partial charge in [0.15, 0.2) is 0 Å². The molecule has 0 fully saturated rings. The topological polar surface area (TPSA) is 0 Å². The Hall–Kier alpha value is -1.11. The minimum absolute atomic E-state index is 0.118. The number of rotatable bonds is 4. The lowest BCUT2D eigenvalue weighted by Gasteiger charge is -2.24. The van der Waals surface area contributed by atoms with Crippen molar-refractivity contribution in [1.29, 1.82) is 0 Å². The number of benzene rings is 1.